The average molecular weight is 870 g/mol. The van der Waals surface area contributed by atoms with Crippen molar-refractivity contribution in [3.63, 3.8) is 0 Å². The Morgan fingerprint density at radius 1 is 0.468 bits per heavy atom. The molecule has 0 aromatic heterocycles. The minimum absolute atomic E-state index is 0.0612. The first kappa shape index (κ1) is 59.8. The Kier molecular flexibility index (Phi) is 48.1. The maximum Gasteiger partial charge on any atom is 0.306 e. The molecular formula is C56H103NO5. The van der Waals surface area contributed by atoms with Gasteiger partial charge in [-0.2, -0.15) is 0 Å². The highest BCUT2D eigenvalue weighted by Crippen LogP contribution is 2.18. The first-order chi connectivity index (χ1) is 30.5. The van der Waals surface area contributed by atoms with E-state index < -0.39 is 18.2 Å². The van der Waals surface area contributed by atoms with E-state index in [4.69, 9.17) is 4.74 Å². The molecule has 6 nitrogen and oxygen atoms in total. The van der Waals surface area contributed by atoms with E-state index in [9.17, 15) is 19.8 Å². The molecule has 3 unspecified atom stereocenters. The number of aliphatic hydroxyl groups excluding tert-OH is 2. The Labute approximate surface area is 385 Å². The van der Waals surface area contributed by atoms with Gasteiger partial charge in [-0.1, -0.05) is 223 Å². The number of ether oxygens (including phenoxy) is 1. The predicted octanol–water partition coefficient (Wildman–Crippen LogP) is 16.2. The molecule has 0 saturated carbocycles. The molecule has 362 valence electrons. The zero-order chi connectivity index (χ0) is 45.2. The first-order valence-electron chi connectivity index (χ1n) is 26.9. The van der Waals surface area contributed by atoms with Crippen molar-refractivity contribution < 1.29 is 24.5 Å². The fourth-order valence-corrected chi connectivity index (χ4v) is 8.03. The maximum absolute atomic E-state index is 13.2. The number of hydrogen-bond acceptors (Lipinski definition) is 5. The van der Waals surface area contributed by atoms with Crippen molar-refractivity contribution in [2.24, 2.45) is 0 Å². The number of esters is 1. The molecule has 0 aliphatic rings. The van der Waals surface area contributed by atoms with E-state index in [2.05, 4.69) is 74.7 Å². The third kappa shape index (κ3) is 44.4. The fraction of sp³-hybridized carbons (Fsp3) is 0.821. The lowest BCUT2D eigenvalue weighted by molar-refractivity contribution is -0.151. The largest absolute Gasteiger partial charge is 0.462 e. The van der Waals surface area contributed by atoms with Crippen molar-refractivity contribution in [1.82, 2.24) is 5.32 Å². The van der Waals surface area contributed by atoms with Crippen LogP contribution in [0.15, 0.2) is 48.6 Å². The van der Waals surface area contributed by atoms with Crippen LogP contribution in [-0.2, 0) is 14.3 Å². The first-order valence-corrected chi connectivity index (χ1v) is 26.9. The van der Waals surface area contributed by atoms with Crippen LogP contribution >= 0.6 is 0 Å². The second-order valence-electron chi connectivity index (χ2n) is 18.3. The minimum Gasteiger partial charge on any atom is -0.462 e. The van der Waals surface area contributed by atoms with Gasteiger partial charge in [-0.15, -0.1) is 0 Å². The molecule has 0 aromatic rings. The highest BCUT2D eigenvalue weighted by Gasteiger charge is 2.24. The highest BCUT2D eigenvalue weighted by molar-refractivity contribution is 5.77. The molecule has 6 heteroatoms. The van der Waals surface area contributed by atoms with E-state index in [0.29, 0.717) is 19.3 Å². The molecule has 0 bridgehead atoms. The summed E-state index contributed by atoms with van der Waals surface area (Å²) in [5.74, 6) is -0.502. The number of hydrogen-bond donors (Lipinski definition) is 3. The minimum atomic E-state index is -0.793. The van der Waals surface area contributed by atoms with Crippen LogP contribution < -0.4 is 5.32 Å². The monoisotopic (exact) mass is 870 g/mol. The second kappa shape index (κ2) is 49.8. The van der Waals surface area contributed by atoms with Gasteiger partial charge in [-0.25, -0.2) is 0 Å². The van der Waals surface area contributed by atoms with Gasteiger partial charge in [0.25, 0.3) is 0 Å². The van der Waals surface area contributed by atoms with E-state index in [0.717, 1.165) is 96.3 Å². The second-order valence-corrected chi connectivity index (χ2v) is 18.3. The van der Waals surface area contributed by atoms with Gasteiger partial charge in [0.05, 0.1) is 25.2 Å². The summed E-state index contributed by atoms with van der Waals surface area (Å²) in [6.45, 7) is 6.39. The topological polar surface area (TPSA) is 95.9 Å². The van der Waals surface area contributed by atoms with Gasteiger partial charge in [-0.05, 0) is 83.5 Å². The lowest BCUT2D eigenvalue weighted by atomic mass is 10.0. The van der Waals surface area contributed by atoms with Crippen LogP contribution in [0.2, 0.25) is 0 Å². The lowest BCUT2D eigenvalue weighted by Crippen LogP contribution is -2.46. The third-order valence-electron chi connectivity index (χ3n) is 12.1. The van der Waals surface area contributed by atoms with E-state index >= 15 is 0 Å². The van der Waals surface area contributed by atoms with Crippen LogP contribution in [-0.4, -0.2) is 46.9 Å². The van der Waals surface area contributed by atoms with Crippen molar-refractivity contribution in [3.05, 3.63) is 48.6 Å². The molecule has 3 N–H and O–H groups in total. The Morgan fingerprint density at radius 3 is 1.37 bits per heavy atom. The Morgan fingerprint density at radius 2 is 0.855 bits per heavy atom. The van der Waals surface area contributed by atoms with Crippen LogP contribution in [0.3, 0.4) is 0 Å². The van der Waals surface area contributed by atoms with Crippen molar-refractivity contribution >= 4 is 11.9 Å². The van der Waals surface area contributed by atoms with Gasteiger partial charge in [0, 0.05) is 6.42 Å². The summed E-state index contributed by atoms with van der Waals surface area (Å²) >= 11 is 0. The molecular weight excluding hydrogens is 767 g/mol. The number of rotatable bonds is 48. The molecule has 0 aliphatic heterocycles. The standard InChI is InChI=1S/C56H103NO5/c1-4-7-10-13-16-19-21-23-25-27-28-29-31-33-35-37-40-43-46-49-56(61)62-52(47-44-41-38-18-15-12-9-6-3)50-55(60)57-53(51-58)54(59)48-45-42-39-36-34-32-30-26-24-22-20-17-14-11-8-5-2/h12,15-16,19,23,25,28-29,52-54,58-59H,4-11,13-14,17-18,20-22,24,26-27,30-51H2,1-3H3,(H,57,60)/b15-12-,19-16-,25-23-,29-28-. The van der Waals surface area contributed by atoms with Gasteiger partial charge in [-0.3, -0.25) is 9.59 Å². The summed E-state index contributed by atoms with van der Waals surface area (Å²) in [5.41, 5.74) is 0. The smallest absolute Gasteiger partial charge is 0.306 e. The van der Waals surface area contributed by atoms with Gasteiger partial charge in [0.15, 0.2) is 0 Å². The van der Waals surface area contributed by atoms with Gasteiger partial charge >= 0.3 is 5.97 Å². The SMILES string of the molecule is CCC/C=C\CCCCCC(CC(=O)NC(CO)C(O)CCCCCCCCCCCCCCCCCC)OC(=O)CCCCCCCC/C=C\C/C=C\C/C=C\CCCCC. The molecule has 0 saturated heterocycles. The van der Waals surface area contributed by atoms with Crippen LogP contribution in [0.25, 0.3) is 0 Å². The van der Waals surface area contributed by atoms with Gasteiger partial charge in [0.2, 0.25) is 5.91 Å². The molecule has 0 heterocycles. The number of allylic oxidation sites excluding steroid dienone is 8. The molecule has 62 heavy (non-hydrogen) atoms. The highest BCUT2D eigenvalue weighted by atomic mass is 16.5. The Hall–Kier alpha value is -2.18. The van der Waals surface area contributed by atoms with E-state index in [1.807, 2.05) is 0 Å². The summed E-state index contributed by atoms with van der Waals surface area (Å²) in [6, 6.07) is -0.708. The molecule has 0 aromatic carbocycles. The average Bonchev–Trinajstić information content (AvgIpc) is 3.26. The number of unbranched alkanes of at least 4 members (excludes halogenated alkanes) is 28. The molecule has 0 aliphatic carbocycles. The quantitative estimate of drug-likeness (QED) is 0.0322. The summed E-state index contributed by atoms with van der Waals surface area (Å²) in [6.07, 6.45) is 60.4. The molecule has 0 rings (SSSR count). The molecule has 0 radical (unpaired) electrons. The maximum atomic E-state index is 13.2. The normalized spacial score (nSPS) is 13.6. The van der Waals surface area contributed by atoms with Crippen molar-refractivity contribution in [2.45, 2.75) is 289 Å². The number of amides is 1. The Balaban J connectivity index is 4.39. The van der Waals surface area contributed by atoms with Crippen LogP contribution in [0.5, 0.6) is 0 Å². The summed E-state index contributed by atoms with van der Waals surface area (Å²) in [7, 11) is 0. The molecule has 0 spiro atoms. The number of nitrogens with one attached hydrogen (secondary N) is 1. The third-order valence-corrected chi connectivity index (χ3v) is 12.1. The lowest BCUT2D eigenvalue weighted by Gasteiger charge is -2.24. The molecule has 3 atom stereocenters. The van der Waals surface area contributed by atoms with Crippen molar-refractivity contribution in [3.8, 4) is 0 Å². The predicted molar refractivity (Wildman–Crippen MR) is 269 cm³/mol. The van der Waals surface area contributed by atoms with E-state index in [1.165, 1.54) is 128 Å². The summed E-state index contributed by atoms with van der Waals surface area (Å²) in [5, 5.41) is 23.8. The Bertz CT molecular complexity index is 1070. The number of carbonyl (C=O) groups is 2. The summed E-state index contributed by atoms with van der Waals surface area (Å²) < 4.78 is 5.90. The van der Waals surface area contributed by atoms with Gasteiger partial charge < -0.3 is 20.3 Å². The van der Waals surface area contributed by atoms with Crippen LogP contribution in [0.4, 0.5) is 0 Å². The van der Waals surface area contributed by atoms with E-state index in [-0.39, 0.29) is 24.9 Å². The number of carbonyl (C=O) groups excluding carboxylic acids is 2. The fourth-order valence-electron chi connectivity index (χ4n) is 8.03. The zero-order valence-electron chi connectivity index (χ0n) is 41.3. The van der Waals surface area contributed by atoms with E-state index in [1.54, 1.807) is 0 Å². The molecule has 0 fully saturated rings. The van der Waals surface area contributed by atoms with Crippen molar-refractivity contribution in [1.29, 1.82) is 0 Å². The van der Waals surface area contributed by atoms with Crippen molar-refractivity contribution in [2.75, 3.05) is 6.61 Å². The summed E-state index contributed by atoms with van der Waals surface area (Å²) in [4.78, 5) is 26.1. The van der Waals surface area contributed by atoms with Gasteiger partial charge in [0.1, 0.15) is 6.10 Å². The van der Waals surface area contributed by atoms with Crippen LogP contribution in [0, 0.1) is 0 Å². The molecule has 1 amide bonds. The zero-order valence-corrected chi connectivity index (χ0v) is 41.3. The number of aliphatic hydroxyl groups is 2. The van der Waals surface area contributed by atoms with Crippen LogP contribution in [0.1, 0.15) is 271 Å².